The second kappa shape index (κ2) is 3.82. The molecule has 0 aliphatic heterocycles. The van der Waals surface area contributed by atoms with E-state index in [9.17, 15) is 0 Å². The SMILES string of the molecule is N=C(N)OOc1ccc(Cl)cc1. The topological polar surface area (TPSA) is 68.3 Å². The Kier molecular flexibility index (Phi) is 2.76. The van der Waals surface area contributed by atoms with Crippen LogP contribution in [0.15, 0.2) is 24.3 Å². The largest absolute Gasteiger partial charge is 0.350 e. The molecule has 64 valence electrons. The minimum Gasteiger partial charge on any atom is -0.350 e. The van der Waals surface area contributed by atoms with Crippen molar-refractivity contribution in [3.63, 3.8) is 0 Å². The molecule has 1 aromatic rings. The summed E-state index contributed by atoms with van der Waals surface area (Å²) in [5, 5.41) is 7.29. The number of halogens is 1. The Bertz CT molecular complexity index is 273. The summed E-state index contributed by atoms with van der Waals surface area (Å²) in [5.74, 6) is 0.439. The number of benzene rings is 1. The molecule has 0 heterocycles. The van der Waals surface area contributed by atoms with Gasteiger partial charge in [-0.1, -0.05) is 11.6 Å². The molecule has 0 fully saturated rings. The normalized spacial score (nSPS) is 9.08. The number of hydrogen-bond acceptors (Lipinski definition) is 3. The average molecular weight is 187 g/mol. The summed E-state index contributed by atoms with van der Waals surface area (Å²) in [6, 6.07) is 5.99. The van der Waals surface area contributed by atoms with Gasteiger partial charge in [-0.05, 0) is 24.3 Å². The molecular formula is C7H7ClN2O2. The molecule has 0 aliphatic rings. The van der Waals surface area contributed by atoms with Gasteiger partial charge < -0.3 is 5.73 Å². The van der Waals surface area contributed by atoms with Crippen LogP contribution in [0, 0.1) is 5.41 Å². The van der Waals surface area contributed by atoms with Crippen LogP contribution in [-0.2, 0) is 4.89 Å². The van der Waals surface area contributed by atoms with Crippen molar-refractivity contribution in [1.29, 1.82) is 5.41 Å². The van der Waals surface area contributed by atoms with E-state index >= 15 is 0 Å². The van der Waals surface area contributed by atoms with Gasteiger partial charge in [0.15, 0.2) is 5.75 Å². The molecule has 0 bridgehead atoms. The van der Waals surface area contributed by atoms with E-state index < -0.39 is 6.02 Å². The van der Waals surface area contributed by atoms with E-state index in [1.165, 1.54) is 0 Å². The lowest BCUT2D eigenvalue weighted by atomic mass is 10.3. The maximum Gasteiger partial charge on any atom is 0.330 e. The van der Waals surface area contributed by atoms with Gasteiger partial charge in [0.25, 0.3) is 0 Å². The molecule has 1 rings (SSSR count). The first-order valence-corrected chi connectivity index (χ1v) is 3.50. The number of rotatable bonds is 2. The van der Waals surface area contributed by atoms with Gasteiger partial charge >= 0.3 is 6.02 Å². The van der Waals surface area contributed by atoms with E-state index in [2.05, 4.69) is 9.78 Å². The van der Waals surface area contributed by atoms with Crippen LogP contribution in [0.2, 0.25) is 5.02 Å². The third-order valence-corrected chi connectivity index (χ3v) is 1.29. The van der Waals surface area contributed by atoms with Crippen LogP contribution >= 0.6 is 11.6 Å². The standard InChI is InChI=1S/C7H7ClN2O2/c8-5-1-3-6(4-2-5)11-12-7(9)10/h1-4H,(H3,9,10). The minimum atomic E-state index is -0.495. The zero-order valence-electron chi connectivity index (χ0n) is 6.08. The molecule has 5 heteroatoms. The maximum atomic E-state index is 6.69. The van der Waals surface area contributed by atoms with Gasteiger partial charge in [-0.25, -0.2) is 5.41 Å². The van der Waals surface area contributed by atoms with Gasteiger partial charge in [0.05, 0.1) is 0 Å². The maximum absolute atomic E-state index is 6.69. The van der Waals surface area contributed by atoms with Crippen molar-refractivity contribution >= 4 is 17.6 Å². The molecule has 12 heavy (non-hydrogen) atoms. The Morgan fingerprint density at radius 3 is 2.42 bits per heavy atom. The lowest BCUT2D eigenvalue weighted by molar-refractivity contribution is -0.119. The highest BCUT2D eigenvalue weighted by atomic mass is 35.5. The summed E-state index contributed by atoms with van der Waals surface area (Å²) in [6.07, 6.45) is 0. The molecule has 4 nitrogen and oxygen atoms in total. The van der Waals surface area contributed by atoms with E-state index in [1.54, 1.807) is 24.3 Å². The van der Waals surface area contributed by atoms with Crippen molar-refractivity contribution in [2.75, 3.05) is 0 Å². The van der Waals surface area contributed by atoms with Gasteiger partial charge in [-0.15, -0.1) is 0 Å². The highest BCUT2D eigenvalue weighted by molar-refractivity contribution is 6.30. The zero-order chi connectivity index (χ0) is 8.97. The molecular weight excluding hydrogens is 180 g/mol. The molecule has 0 spiro atoms. The van der Waals surface area contributed by atoms with Crippen molar-refractivity contribution in [2.45, 2.75) is 0 Å². The van der Waals surface area contributed by atoms with Crippen molar-refractivity contribution in [1.82, 2.24) is 0 Å². The first-order valence-electron chi connectivity index (χ1n) is 3.12. The van der Waals surface area contributed by atoms with Crippen molar-refractivity contribution in [2.24, 2.45) is 5.73 Å². The van der Waals surface area contributed by atoms with E-state index in [4.69, 9.17) is 22.7 Å². The molecule has 0 saturated carbocycles. The highest BCUT2D eigenvalue weighted by Crippen LogP contribution is 2.15. The summed E-state index contributed by atoms with van der Waals surface area (Å²) < 4.78 is 0. The molecule has 0 radical (unpaired) electrons. The molecule has 0 atom stereocenters. The number of amidine groups is 1. The van der Waals surface area contributed by atoms with Crippen molar-refractivity contribution in [3.8, 4) is 5.75 Å². The van der Waals surface area contributed by atoms with Crippen LogP contribution in [-0.4, -0.2) is 6.02 Å². The second-order valence-electron chi connectivity index (χ2n) is 1.98. The van der Waals surface area contributed by atoms with Crippen LogP contribution in [0.1, 0.15) is 0 Å². The zero-order valence-corrected chi connectivity index (χ0v) is 6.84. The Morgan fingerprint density at radius 2 is 1.92 bits per heavy atom. The van der Waals surface area contributed by atoms with E-state index in [0.717, 1.165) is 0 Å². The summed E-state index contributed by atoms with van der Waals surface area (Å²) in [5.41, 5.74) is 4.88. The van der Waals surface area contributed by atoms with E-state index in [-0.39, 0.29) is 0 Å². The van der Waals surface area contributed by atoms with Gasteiger partial charge in [0.2, 0.25) is 0 Å². The van der Waals surface area contributed by atoms with Crippen LogP contribution in [0.4, 0.5) is 0 Å². The molecule has 1 aromatic carbocycles. The summed E-state index contributed by atoms with van der Waals surface area (Å²) >= 11 is 5.61. The smallest absolute Gasteiger partial charge is 0.330 e. The molecule has 3 N–H and O–H groups in total. The Labute approximate surface area is 74.3 Å². The first-order chi connectivity index (χ1) is 5.68. The fraction of sp³-hybridized carbons (Fsp3) is 0. The van der Waals surface area contributed by atoms with Crippen molar-refractivity contribution in [3.05, 3.63) is 29.3 Å². The average Bonchev–Trinajstić information content (AvgIpc) is 2.03. The summed E-state index contributed by atoms with van der Waals surface area (Å²) in [4.78, 5) is 8.90. The third kappa shape index (κ3) is 2.67. The number of nitrogens with two attached hydrogens (primary N) is 1. The number of hydrogen-bond donors (Lipinski definition) is 2. The Balaban J connectivity index is 2.53. The molecule has 0 saturated heterocycles. The lowest BCUT2D eigenvalue weighted by Crippen LogP contribution is -2.16. The molecule has 0 unspecified atom stereocenters. The quantitative estimate of drug-likeness (QED) is 0.319. The Morgan fingerprint density at radius 1 is 1.33 bits per heavy atom. The van der Waals surface area contributed by atoms with Gasteiger partial charge in [-0.3, -0.25) is 9.78 Å². The molecule has 0 aromatic heterocycles. The fourth-order valence-corrected chi connectivity index (χ4v) is 0.709. The van der Waals surface area contributed by atoms with E-state index in [1.807, 2.05) is 0 Å². The van der Waals surface area contributed by atoms with Gasteiger partial charge in [-0.2, -0.15) is 0 Å². The fourth-order valence-electron chi connectivity index (χ4n) is 0.583. The first kappa shape index (κ1) is 8.67. The Hall–Kier alpha value is -1.42. The van der Waals surface area contributed by atoms with Gasteiger partial charge in [0, 0.05) is 5.02 Å². The van der Waals surface area contributed by atoms with Crippen molar-refractivity contribution < 1.29 is 9.78 Å². The third-order valence-electron chi connectivity index (χ3n) is 1.04. The number of nitrogens with one attached hydrogen (secondary N) is 1. The van der Waals surface area contributed by atoms with Crippen LogP contribution in [0.3, 0.4) is 0 Å². The summed E-state index contributed by atoms with van der Waals surface area (Å²) in [6.45, 7) is 0. The predicted molar refractivity (Wildman–Crippen MR) is 45.1 cm³/mol. The monoisotopic (exact) mass is 186 g/mol. The van der Waals surface area contributed by atoms with Crippen LogP contribution in [0.25, 0.3) is 0 Å². The lowest BCUT2D eigenvalue weighted by Gasteiger charge is -2.01. The second-order valence-corrected chi connectivity index (χ2v) is 2.42. The molecule has 0 aliphatic carbocycles. The molecule has 0 amide bonds. The van der Waals surface area contributed by atoms with Crippen LogP contribution in [0.5, 0.6) is 5.75 Å². The minimum absolute atomic E-state index is 0.439. The van der Waals surface area contributed by atoms with Crippen LogP contribution < -0.4 is 10.6 Å². The summed E-state index contributed by atoms with van der Waals surface area (Å²) in [7, 11) is 0. The van der Waals surface area contributed by atoms with E-state index in [0.29, 0.717) is 10.8 Å². The van der Waals surface area contributed by atoms with Gasteiger partial charge in [0.1, 0.15) is 0 Å². The predicted octanol–water partition coefficient (Wildman–Crippen LogP) is 1.54. The highest BCUT2D eigenvalue weighted by Gasteiger charge is 1.95.